The van der Waals surface area contributed by atoms with Gasteiger partial charge in [0.05, 0.1) is 5.41 Å². The van der Waals surface area contributed by atoms with Crippen LogP contribution in [0.1, 0.15) is 26.3 Å². The molecular formula is C13H20N2O. The zero-order chi connectivity index (χ0) is 12.2. The fraction of sp³-hybridized carbons (Fsp3) is 0.462. The van der Waals surface area contributed by atoms with Crippen LogP contribution in [0.5, 0.6) is 0 Å². The highest BCUT2D eigenvalue weighted by atomic mass is 16.2. The second-order valence-corrected chi connectivity index (χ2v) is 4.55. The molecule has 0 radical (unpaired) electrons. The fourth-order valence-corrected chi connectivity index (χ4v) is 1.33. The molecule has 0 aliphatic rings. The van der Waals surface area contributed by atoms with Gasteiger partial charge < -0.3 is 11.1 Å². The average Bonchev–Trinajstić information content (AvgIpc) is 2.29. The van der Waals surface area contributed by atoms with Crippen LogP contribution in [0.25, 0.3) is 0 Å². The number of para-hydroxylation sites is 1. The molecule has 3 heteroatoms. The Labute approximate surface area is 97.0 Å². The Kier molecular flexibility index (Phi) is 4.07. The summed E-state index contributed by atoms with van der Waals surface area (Å²) in [5.74, 6) is -0.0316. The van der Waals surface area contributed by atoms with Crippen molar-refractivity contribution in [1.29, 1.82) is 0 Å². The average molecular weight is 220 g/mol. The van der Waals surface area contributed by atoms with Crippen LogP contribution in [0.15, 0.2) is 24.3 Å². The first kappa shape index (κ1) is 12.7. The number of carbonyl (C=O) groups is 1. The van der Waals surface area contributed by atoms with Gasteiger partial charge in [0.15, 0.2) is 0 Å². The monoisotopic (exact) mass is 220 g/mol. The summed E-state index contributed by atoms with van der Waals surface area (Å²) in [6.45, 7) is 6.10. The van der Waals surface area contributed by atoms with Gasteiger partial charge in [-0.15, -0.1) is 0 Å². The fourth-order valence-electron chi connectivity index (χ4n) is 1.33. The Morgan fingerprint density at radius 3 is 2.56 bits per heavy atom. The van der Waals surface area contributed by atoms with Gasteiger partial charge in [-0.1, -0.05) is 25.1 Å². The Balaban J connectivity index is 2.85. The molecule has 0 aliphatic heterocycles. The number of rotatable bonds is 4. The highest BCUT2D eigenvalue weighted by Crippen LogP contribution is 2.20. The van der Waals surface area contributed by atoms with Crippen LogP contribution in [0.2, 0.25) is 0 Å². The van der Waals surface area contributed by atoms with E-state index in [4.69, 9.17) is 5.73 Å². The van der Waals surface area contributed by atoms with E-state index in [1.165, 1.54) is 0 Å². The van der Waals surface area contributed by atoms with Crippen LogP contribution >= 0.6 is 0 Å². The number of nitrogens with two attached hydrogens (primary N) is 1. The van der Waals surface area contributed by atoms with E-state index in [-0.39, 0.29) is 5.91 Å². The molecule has 16 heavy (non-hydrogen) atoms. The zero-order valence-corrected chi connectivity index (χ0v) is 10.2. The van der Waals surface area contributed by atoms with Crippen molar-refractivity contribution in [3.63, 3.8) is 0 Å². The molecule has 0 heterocycles. The Morgan fingerprint density at radius 1 is 1.38 bits per heavy atom. The van der Waals surface area contributed by atoms with Crippen LogP contribution in [0, 0.1) is 5.41 Å². The number of hydrogen-bond acceptors (Lipinski definition) is 2. The minimum absolute atomic E-state index is 0.0316. The molecule has 3 N–H and O–H groups in total. The van der Waals surface area contributed by atoms with E-state index in [0.29, 0.717) is 6.54 Å². The molecule has 1 aromatic carbocycles. The normalized spacial score (nSPS) is 11.2. The van der Waals surface area contributed by atoms with Crippen molar-refractivity contribution >= 4 is 11.6 Å². The number of benzene rings is 1. The summed E-state index contributed by atoms with van der Waals surface area (Å²) in [5.41, 5.74) is 7.07. The van der Waals surface area contributed by atoms with Crippen molar-refractivity contribution in [3.8, 4) is 0 Å². The summed E-state index contributed by atoms with van der Waals surface area (Å²) in [6.07, 6.45) is 0.902. The molecule has 1 aromatic rings. The predicted molar refractivity (Wildman–Crippen MR) is 67.3 cm³/mol. The lowest BCUT2D eigenvalue weighted by Crippen LogP contribution is -2.37. The van der Waals surface area contributed by atoms with Crippen LogP contribution in [-0.2, 0) is 11.2 Å². The summed E-state index contributed by atoms with van der Waals surface area (Å²) < 4.78 is 0. The first-order chi connectivity index (χ1) is 7.51. The van der Waals surface area contributed by atoms with Gasteiger partial charge in [0, 0.05) is 12.2 Å². The van der Waals surface area contributed by atoms with E-state index in [1.54, 1.807) is 0 Å². The molecule has 0 unspecified atom stereocenters. The summed E-state index contributed by atoms with van der Waals surface area (Å²) in [7, 11) is 0. The minimum Gasteiger partial charge on any atom is -0.329 e. The highest BCUT2D eigenvalue weighted by molar-refractivity contribution is 5.95. The number of carbonyl (C=O) groups excluding carboxylic acids is 1. The second-order valence-electron chi connectivity index (χ2n) is 4.55. The number of hydrogen-bond donors (Lipinski definition) is 2. The van der Waals surface area contributed by atoms with E-state index in [2.05, 4.69) is 12.2 Å². The topological polar surface area (TPSA) is 55.1 Å². The van der Waals surface area contributed by atoms with Gasteiger partial charge in [-0.05, 0) is 31.9 Å². The standard InChI is InChI=1S/C13H20N2O/c1-4-10-7-5-6-8-11(10)15-12(16)13(2,3)9-14/h5-8H,4,9,14H2,1-3H3,(H,15,16). The van der Waals surface area contributed by atoms with Crippen LogP contribution < -0.4 is 11.1 Å². The molecule has 88 valence electrons. The molecule has 0 fully saturated rings. The number of anilines is 1. The van der Waals surface area contributed by atoms with Crippen LogP contribution in [-0.4, -0.2) is 12.5 Å². The molecule has 1 amide bonds. The smallest absolute Gasteiger partial charge is 0.231 e. The zero-order valence-electron chi connectivity index (χ0n) is 10.2. The Hall–Kier alpha value is -1.35. The van der Waals surface area contributed by atoms with Crippen molar-refractivity contribution < 1.29 is 4.79 Å². The van der Waals surface area contributed by atoms with Crippen LogP contribution in [0.4, 0.5) is 5.69 Å². The van der Waals surface area contributed by atoms with E-state index in [0.717, 1.165) is 17.7 Å². The Bertz CT molecular complexity index is 372. The quantitative estimate of drug-likeness (QED) is 0.817. The van der Waals surface area contributed by atoms with E-state index in [1.807, 2.05) is 38.1 Å². The lowest BCUT2D eigenvalue weighted by Gasteiger charge is -2.22. The summed E-state index contributed by atoms with van der Waals surface area (Å²) >= 11 is 0. The lowest BCUT2D eigenvalue weighted by atomic mass is 9.92. The summed E-state index contributed by atoms with van der Waals surface area (Å²) in [5, 5.41) is 2.93. The third-order valence-electron chi connectivity index (χ3n) is 2.77. The third kappa shape index (κ3) is 2.83. The lowest BCUT2D eigenvalue weighted by molar-refractivity contribution is -0.123. The van der Waals surface area contributed by atoms with Gasteiger partial charge in [0.2, 0.25) is 5.91 Å². The minimum atomic E-state index is -0.527. The highest BCUT2D eigenvalue weighted by Gasteiger charge is 2.26. The molecule has 0 bridgehead atoms. The van der Waals surface area contributed by atoms with E-state index in [9.17, 15) is 4.79 Å². The first-order valence-electron chi connectivity index (χ1n) is 5.60. The van der Waals surface area contributed by atoms with Crippen molar-refractivity contribution in [3.05, 3.63) is 29.8 Å². The number of amides is 1. The SMILES string of the molecule is CCc1ccccc1NC(=O)C(C)(C)CN. The molecule has 0 saturated heterocycles. The molecule has 1 rings (SSSR count). The van der Waals surface area contributed by atoms with Crippen molar-refractivity contribution in [2.75, 3.05) is 11.9 Å². The Morgan fingerprint density at radius 2 is 2.00 bits per heavy atom. The predicted octanol–water partition coefficient (Wildman–Crippen LogP) is 2.17. The van der Waals surface area contributed by atoms with Gasteiger partial charge >= 0.3 is 0 Å². The first-order valence-corrected chi connectivity index (χ1v) is 5.60. The summed E-state index contributed by atoms with van der Waals surface area (Å²) in [4.78, 5) is 11.9. The second kappa shape index (κ2) is 5.12. The van der Waals surface area contributed by atoms with Gasteiger partial charge in [-0.2, -0.15) is 0 Å². The van der Waals surface area contributed by atoms with Crippen molar-refractivity contribution in [1.82, 2.24) is 0 Å². The molecule has 0 saturated carbocycles. The van der Waals surface area contributed by atoms with E-state index < -0.39 is 5.41 Å². The number of aryl methyl sites for hydroxylation is 1. The molecule has 0 aliphatic carbocycles. The largest absolute Gasteiger partial charge is 0.329 e. The van der Waals surface area contributed by atoms with Gasteiger partial charge in [-0.25, -0.2) is 0 Å². The maximum atomic E-state index is 11.9. The maximum Gasteiger partial charge on any atom is 0.231 e. The maximum absolute atomic E-state index is 11.9. The van der Waals surface area contributed by atoms with Gasteiger partial charge in [-0.3, -0.25) is 4.79 Å². The molecule has 0 atom stereocenters. The van der Waals surface area contributed by atoms with Crippen molar-refractivity contribution in [2.24, 2.45) is 11.1 Å². The molecule has 3 nitrogen and oxygen atoms in total. The third-order valence-corrected chi connectivity index (χ3v) is 2.77. The van der Waals surface area contributed by atoms with Gasteiger partial charge in [0.25, 0.3) is 0 Å². The molecule has 0 spiro atoms. The molecular weight excluding hydrogens is 200 g/mol. The number of nitrogens with one attached hydrogen (secondary N) is 1. The summed E-state index contributed by atoms with van der Waals surface area (Å²) in [6, 6.07) is 7.83. The van der Waals surface area contributed by atoms with Gasteiger partial charge in [0.1, 0.15) is 0 Å². The molecule has 0 aromatic heterocycles. The van der Waals surface area contributed by atoms with E-state index >= 15 is 0 Å². The van der Waals surface area contributed by atoms with Crippen molar-refractivity contribution in [2.45, 2.75) is 27.2 Å². The van der Waals surface area contributed by atoms with Crippen LogP contribution in [0.3, 0.4) is 0 Å².